The summed E-state index contributed by atoms with van der Waals surface area (Å²) in [5.41, 5.74) is 6.06. The summed E-state index contributed by atoms with van der Waals surface area (Å²) in [6.45, 7) is 0. The number of anilines is 1. The Morgan fingerprint density at radius 1 is 1.38 bits per heavy atom. The first-order chi connectivity index (χ1) is 10.1. The Kier molecular flexibility index (Phi) is 3.47. The number of hydrogen-bond acceptors (Lipinski definition) is 3. The van der Waals surface area contributed by atoms with E-state index >= 15 is 0 Å². The van der Waals surface area contributed by atoms with E-state index in [2.05, 4.69) is 10.3 Å². The van der Waals surface area contributed by atoms with Gasteiger partial charge in [-0.15, -0.1) is 0 Å². The molecule has 1 heterocycles. The van der Waals surface area contributed by atoms with Crippen LogP contribution >= 0.6 is 0 Å². The van der Waals surface area contributed by atoms with E-state index in [9.17, 15) is 9.18 Å². The predicted molar refractivity (Wildman–Crippen MR) is 77.5 cm³/mol. The Morgan fingerprint density at radius 2 is 2.14 bits per heavy atom. The van der Waals surface area contributed by atoms with E-state index in [-0.39, 0.29) is 5.91 Å². The van der Waals surface area contributed by atoms with Crippen LogP contribution in [0.1, 0.15) is 25.7 Å². The van der Waals surface area contributed by atoms with E-state index in [1.54, 1.807) is 29.1 Å². The van der Waals surface area contributed by atoms with E-state index in [0.29, 0.717) is 24.2 Å². The molecule has 0 radical (unpaired) electrons. The molecule has 0 saturated heterocycles. The number of aromatic nitrogens is 2. The summed E-state index contributed by atoms with van der Waals surface area (Å²) >= 11 is 0. The summed E-state index contributed by atoms with van der Waals surface area (Å²) < 4.78 is 15.7. The average molecular weight is 288 g/mol. The van der Waals surface area contributed by atoms with Crippen molar-refractivity contribution in [3.63, 3.8) is 0 Å². The van der Waals surface area contributed by atoms with Crippen LogP contribution in [0.25, 0.3) is 5.69 Å². The lowest BCUT2D eigenvalue weighted by Gasteiger charge is -2.22. The van der Waals surface area contributed by atoms with Gasteiger partial charge in [0.1, 0.15) is 5.82 Å². The van der Waals surface area contributed by atoms with Crippen molar-refractivity contribution in [2.45, 2.75) is 31.2 Å². The zero-order chi connectivity index (χ0) is 14.9. The van der Waals surface area contributed by atoms with E-state index in [1.165, 1.54) is 12.4 Å². The number of benzene rings is 1. The minimum Gasteiger partial charge on any atom is -0.324 e. The number of hydrogen-bond donors (Lipinski definition) is 2. The maximum Gasteiger partial charge on any atom is 0.244 e. The third-order valence-electron chi connectivity index (χ3n) is 3.94. The lowest BCUT2D eigenvalue weighted by atomic mass is 9.98. The number of imidazole rings is 1. The molecule has 1 aromatic carbocycles. The topological polar surface area (TPSA) is 72.9 Å². The predicted octanol–water partition coefficient (Wildman–Crippen LogP) is 2.22. The number of nitrogens with one attached hydrogen (secondary N) is 1. The zero-order valence-corrected chi connectivity index (χ0v) is 11.6. The van der Waals surface area contributed by atoms with Gasteiger partial charge in [-0.3, -0.25) is 4.79 Å². The number of amides is 1. The van der Waals surface area contributed by atoms with Gasteiger partial charge in [-0.1, -0.05) is 12.8 Å². The van der Waals surface area contributed by atoms with Crippen molar-refractivity contribution in [3.05, 3.63) is 42.7 Å². The maximum atomic E-state index is 14.1. The molecule has 21 heavy (non-hydrogen) atoms. The highest BCUT2D eigenvalue weighted by Crippen LogP contribution is 2.28. The molecule has 0 atom stereocenters. The van der Waals surface area contributed by atoms with Gasteiger partial charge < -0.3 is 15.6 Å². The fourth-order valence-electron chi connectivity index (χ4n) is 2.68. The summed E-state index contributed by atoms with van der Waals surface area (Å²) in [6.07, 6.45) is 8.01. The second-order valence-corrected chi connectivity index (χ2v) is 5.45. The molecule has 110 valence electrons. The van der Waals surface area contributed by atoms with Gasteiger partial charge in [-0.2, -0.15) is 0 Å². The fourth-order valence-corrected chi connectivity index (χ4v) is 2.68. The van der Waals surface area contributed by atoms with Gasteiger partial charge >= 0.3 is 0 Å². The Bertz CT molecular complexity index is 648. The van der Waals surface area contributed by atoms with Gasteiger partial charge in [-0.05, 0) is 31.0 Å². The lowest BCUT2D eigenvalue weighted by molar-refractivity contribution is -0.121. The fraction of sp³-hybridized carbons (Fsp3) is 0.333. The van der Waals surface area contributed by atoms with E-state index in [0.717, 1.165) is 12.8 Å². The lowest BCUT2D eigenvalue weighted by Crippen LogP contribution is -2.48. The van der Waals surface area contributed by atoms with Crippen LogP contribution in [0.3, 0.4) is 0 Å². The Morgan fingerprint density at radius 3 is 2.76 bits per heavy atom. The maximum absolute atomic E-state index is 14.1. The first-order valence-electron chi connectivity index (χ1n) is 6.97. The van der Waals surface area contributed by atoms with Gasteiger partial charge in [0.2, 0.25) is 5.91 Å². The molecule has 5 nitrogen and oxygen atoms in total. The molecule has 1 aliphatic carbocycles. The van der Waals surface area contributed by atoms with Crippen LogP contribution in [0.15, 0.2) is 36.9 Å². The smallest absolute Gasteiger partial charge is 0.244 e. The molecule has 3 N–H and O–H groups in total. The Hall–Kier alpha value is -2.21. The summed E-state index contributed by atoms with van der Waals surface area (Å²) in [6, 6.07) is 4.56. The summed E-state index contributed by atoms with van der Waals surface area (Å²) in [5.74, 6) is -0.668. The van der Waals surface area contributed by atoms with Gasteiger partial charge in [0.25, 0.3) is 0 Å². The van der Waals surface area contributed by atoms with Gasteiger partial charge in [0, 0.05) is 18.1 Å². The molecule has 0 aliphatic heterocycles. The number of halogens is 1. The zero-order valence-electron chi connectivity index (χ0n) is 11.6. The van der Waals surface area contributed by atoms with Gasteiger partial charge in [-0.25, -0.2) is 9.37 Å². The van der Waals surface area contributed by atoms with Crippen molar-refractivity contribution in [2.75, 3.05) is 5.32 Å². The first-order valence-corrected chi connectivity index (χ1v) is 6.97. The van der Waals surface area contributed by atoms with Crippen LogP contribution in [0.5, 0.6) is 0 Å². The van der Waals surface area contributed by atoms with Crippen LogP contribution in [0.4, 0.5) is 10.1 Å². The number of nitrogens with zero attached hydrogens (tertiary/aromatic N) is 2. The molecule has 0 spiro atoms. The largest absolute Gasteiger partial charge is 0.324 e. The van der Waals surface area contributed by atoms with E-state index in [4.69, 9.17) is 5.73 Å². The number of carbonyl (C=O) groups is 1. The van der Waals surface area contributed by atoms with Crippen molar-refractivity contribution in [1.29, 1.82) is 0 Å². The molecule has 1 amide bonds. The van der Waals surface area contributed by atoms with Gasteiger partial charge in [0.05, 0.1) is 17.6 Å². The highest BCUT2D eigenvalue weighted by atomic mass is 19.1. The third-order valence-corrected chi connectivity index (χ3v) is 3.94. The quantitative estimate of drug-likeness (QED) is 0.909. The molecule has 2 aromatic rings. The van der Waals surface area contributed by atoms with Crippen LogP contribution < -0.4 is 11.1 Å². The van der Waals surface area contributed by atoms with E-state index in [1.807, 2.05) is 0 Å². The van der Waals surface area contributed by atoms with Crippen LogP contribution in [0.2, 0.25) is 0 Å². The average Bonchev–Trinajstić information content (AvgIpc) is 3.11. The summed E-state index contributed by atoms with van der Waals surface area (Å²) in [4.78, 5) is 16.1. The van der Waals surface area contributed by atoms with E-state index < -0.39 is 11.4 Å². The van der Waals surface area contributed by atoms with Gasteiger partial charge in [0.15, 0.2) is 0 Å². The minimum atomic E-state index is -0.820. The number of nitrogens with two attached hydrogens (primary N) is 1. The molecular weight excluding hydrogens is 271 g/mol. The van der Waals surface area contributed by atoms with Crippen molar-refractivity contribution < 1.29 is 9.18 Å². The minimum absolute atomic E-state index is 0.241. The van der Waals surface area contributed by atoms with Crippen LogP contribution in [-0.4, -0.2) is 21.0 Å². The molecule has 0 unspecified atom stereocenters. The Labute approximate surface area is 122 Å². The highest BCUT2D eigenvalue weighted by Gasteiger charge is 2.37. The first kappa shape index (κ1) is 13.8. The van der Waals surface area contributed by atoms with Crippen molar-refractivity contribution in [1.82, 2.24) is 9.55 Å². The molecule has 1 saturated carbocycles. The Balaban J connectivity index is 1.78. The molecule has 1 aliphatic rings. The standard InChI is InChI=1S/C15H17FN4O/c16-12-9-11(3-4-13(12)20-8-7-18-10-20)19-14(21)15(17)5-1-2-6-15/h3-4,7-10H,1-2,5-6,17H2,(H,19,21). The molecular formula is C15H17FN4O. The highest BCUT2D eigenvalue weighted by molar-refractivity contribution is 5.98. The molecule has 1 aromatic heterocycles. The second kappa shape index (κ2) is 5.29. The summed E-state index contributed by atoms with van der Waals surface area (Å²) in [7, 11) is 0. The molecule has 6 heteroatoms. The number of rotatable bonds is 3. The molecule has 0 bridgehead atoms. The number of carbonyl (C=O) groups excluding carboxylic acids is 1. The van der Waals surface area contributed by atoms with Crippen molar-refractivity contribution in [3.8, 4) is 5.69 Å². The van der Waals surface area contributed by atoms with Crippen molar-refractivity contribution >= 4 is 11.6 Å². The van der Waals surface area contributed by atoms with Crippen LogP contribution in [-0.2, 0) is 4.79 Å². The third kappa shape index (κ3) is 2.67. The normalized spacial score (nSPS) is 16.9. The molecule has 1 fully saturated rings. The van der Waals surface area contributed by atoms with Crippen molar-refractivity contribution in [2.24, 2.45) is 5.73 Å². The summed E-state index contributed by atoms with van der Waals surface area (Å²) in [5, 5.41) is 2.71. The SMILES string of the molecule is NC1(C(=O)Nc2ccc(-n3ccnc3)c(F)c2)CCCC1. The monoisotopic (exact) mass is 288 g/mol. The van der Waals surface area contributed by atoms with Crippen LogP contribution in [0, 0.1) is 5.82 Å². The second-order valence-electron chi connectivity index (χ2n) is 5.45. The molecule has 3 rings (SSSR count).